The molecule has 8 heteroatoms. The van der Waals surface area contributed by atoms with Crippen LogP contribution in [0.5, 0.6) is 0 Å². The maximum Gasteiger partial charge on any atom is 0.332 e. The van der Waals surface area contributed by atoms with Crippen molar-refractivity contribution in [3.8, 4) is 0 Å². The molecule has 0 amide bonds. The van der Waals surface area contributed by atoms with Crippen molar-refractivity contribution in [3.05, 3.63) is 92.3 Å². The van der Waals surface area contributed by atoms with Gasteiger partial charge in [0.15, 0.2) is 0 Å². The molecule has 4 heterocycles. The van der Waals surface area contributed by atoms with Crippen molar-refractivity contribution in [1.29, 1.82) is 0 Å². The quantitative estimate of drug-likeness (QED) is 0.612. The molecule has 5 rings (SSSR count). The topological polar surface area (TPSA) is 73.0 Å². The van der Waals surface area contributed by atoms with E-state index in [0.717, 1.165) is 31.6 Å². The number of aromatic nitrogens is 4. The van der Waals surface area contributed by atoms with Gasteiger partial charge in [0.25, 0.3) is 0 Å². The average Bonchev–Trinajstić information content (AvgIpc) is 3.31. The smallest absolute Gasteiger partial charge is 0.298 e. The van der Waals surface area contributed by atoms with E-state index in [2.05, 4.69) is 21.0 Å². The Morgan fingerprint density at radius 1 is 1.00 bits per heavy atom. The van der Waals surface area contributed by atoms with E-state index >= 15 is 0 Å². The van der Waals surface area contributed by atoms with Gasteiger partial charge in [-0.25, -0.2) is 9.07 Å². The van der Waals surface area contributed by atoms with Crippen LogP contribution < -0.4 is 11.1 Å². The Bertz CT molecular complexity index is 1190. The molecule has 7 nitrogen and oxygen atoms in total. The molecule has 1 fully saturated rings. The van der Waals surface area contributed by atoms with E-state index in [9.17, 15) is 14.0 Å². The van der Waals surface area contributed by atoms with Crippen LogP contribution >= 0.6 is 0 Å². The zero-order chi connectivity index (χ0) is 20.7. The molecule has 0 N–H and O–H groups in total. The van der Waals surface area contributed by atoms with E-state index in [1.807, 2.05) is 12.3 Å². The first-order chi connectivity index (χ1) is 14.5. The Kier molecular flexibility index (Phi) is 4.58. The standard InChI is InChI=1S/C22H22FN5O2/c23-18-5-3-16(4-6-18)13-28-21(30)20(29)27-15-22(10-19(27)25-28)7-9-26(14-22)12-17-2-1-8-24-11-17/h1-6,8,11H,7,9-10,12-15H2. The number of likely N-dealkylation sites (tertiary alicyclic amines) is 1. The van der Waals surface area contributed by atoms with Crippen LogP contribution in [0.3, 0.4) is 0 Å². The summed E-state index contributed by atoms with van der Waals surface area (Å²) in [6.07, 6.45) is 5.28. The van der Waals surface area contributed by atoms with E-state index in [1.54, 1.807) is 22.9 Å². The third kappa shape index (κ3) is 3.47. The lowest BCUT2D eigenvalue weighted by atomic mass is 9.86. The zero-order valence-corrected chi connectivity index (χ0v) is 16.5. The molecular weight excluding hydrogens is 385 g/mol. The number of halogens is 1. The Morgan fingerprint density at radius 2 is 1.83 bits per heavy atom. The Hall–Kier alpha value is -3.13. The van der Waals surface area contributed by atoms with Gasteiger partial charge in [-0.15, -0.1) is 0 Å². The van der Waals surface area contributed by atoms with Gasteiger partial charge in [0.1, 0.15) is 11.6 Å². The number of benzene rings is 1. The molecule has 0 radical (unpaired) electrons. The predicted octanol–water partition coefficient (Wildman–Crippen LogP) is 1.44. The van der Waals surface area contributed by atoms with Crippen LogP contribution in [0.1, 0.15) is 23.4 Å². The van der Waals surface area contributed by atoms with Crippen LogP contribution in [0.25, 0.3) is 0 Å². The maximum absolute atomic E-state index is 13.1. The van der Waals surface area contributed by atoms with E-state index in [4.69, 9.17) is 0 Å². The number of hydrogen-bond acceptors (Lipinski definition) is 5. The number of pyridine rings is 1. The Balaban J connectivity index is 1.36. The number of rotatable bonds is 4. The zero-order valence-electron chi connectivity index (χ0n) is 16.5. The molecule has 1 aromatic carbocycles. The van der Waals surface area contributed by atoms with Crippen LogP contribution in [-0.4, -0.2) is 37.3 Å². The number of nitrogens with zero attached hydrogens (tertiary/aromatic N) is 5. The lowest BCUT2D eigenvalue weighted by Crippen LogP contribution is -2.43. The fraction of sp³-hybridized carbons (Fsp3) is 0.364. The lowest BCUT2D eigenvalue weighted by Gasteiger charge is -2.22. The van der Waals surface area contributed by atoms with Gasteiger partial charge < -0.3 is 0 Å². The van der Waals surface area contributed by atoms with Crippen LogP contribution in [-0.2, 0) is 26.1 Å². The minimum Gasteiger partial charge on any atom is -0.298 e. The van der Waals surface area contributed by atoms with Crippen LogP contribution in [0.4, 0.5) is 4.39 Å². The molecule has 0 saturated carbocycles. The Morgan fingerprint density at radius 3 is 2.60 bits per heavy atom. The third-order valence-electron chi connectivity index (χ3n) is 6.13. The maximum atomic E-state index is 13.1. The molecule has 1 unspecified atom stereocenters. The summed E-state index contributed by atoms with van der Waals surface area (Å²) in [5, 5.41) is 4.50. The summed E-state index contributed by atoms with van der Waals surface area (Å²) in [4.78, 5) is 31.9. The van der Waals surface area contributed by atoms with Crippen molar-refractivity contribution in [3.63, 3.8) is 0 Å². The second kappa shape index (κ2) is 7.28. The minimum atomic E-state index is -0.634. The number of fused-ring (bicyclic) bond motifs is 1. The van der Waals surface area contributed by atoms with Gasteiger partial charge in [0, 0.05) is 43.9 Å². The average molecular weight is 407 g/mol. The molecule has 1 saturated heterocycles. The van der Waals surface area contributed by atoms with Crippen LogP contribution in [0, 0.1) is 11.2 Å². The van der Waals surface area contributed by atoms with E-state index in [-0.39, 0.29) is 17.8 Å². The highest BCUT2D eigenvalue weighted by Crippen LogP contribution is 2.39. The molecule has 2 aliphatic rings. The first-order valence-electron chi connectivity index (χ1n) is 10.1. The van der Waals surface area contributed by atoms with Gasteiger partial charge in [-0.2, -0.15) is 5.10 Å². The molecule has 3 aromatic rings. The summed E-state index contributed by atoms with van der Waals surface area (Å²) in [5.41, 5.74) is 0.670. The summed E-state index contributed by atoms with van der Waals surface area (Å²) in [7, 11) is 0. The normalized spacial score (nSPS) is 20.7. The first kappa shape index (κ1) is 18.9. The first-order valence-corrected chi connectivity index (χ1v) is 10.1. The van der Waals surface area contributed by atoms with Gasteiger partial charge in [-0.05, 0) is 42.3 Å². The second-order valence-electron chi connectivity index (χ2n) is 8.40. The van der Waals surface area contributed by atoms with Crippen molar-refractivity contribution >= 4 is 0 Å². The summed E-state index contributed by atoms with van der Waals surface area (Å²) >= 11 is 0. The SMILES string of the molecule is O=c1c(=O)n2c(nn1Cc1ccc(F)cc1)CC1(CCN(Cc3cccnc3)C1)C2. The lowest BCUT2D eigenvalue weighted by molar-refractivity contribution is 0.246. The highest BCUT2D eigenvalue weighted by atomic mass is 19.1. The van der Waals surface area contributed by atoms with Crippen molar-refractivity contribution in [2.75, 3.05) is 13.1 Å². The van der Waals surface area contributed by atoms with Gasteiger partial charge >= 0.3 is 11.1 Å². The van der Waals surface area contributed by atoms with Gasteiger partial charge in [-0.1, -0.05) is 18.2 Å². The molecule has 0 bridgehead atoms. The third-order valence-corrected chi connectivity index (χ3v) is 6.13. The fourth-order valence-electron chi connectivity index (χ4n) is 4.66. The molecule has 2 aromatic heterocycles. The fourth-order valence-corrected chi connectivity index (χ4v) is 4.66. The molecule has 30 heavy (non-hydrogen) atoms. The summed E-state index contributed by atoms with van der Waals surface area (Å²) in [6.45, 7) is 3.31. The predicted molar refractivity (Wildman–Crippen MR) is 109 cm³/mol. The highest BCUT2D eigenvalue weighted by molar-refractivity contribution is 5.17. The molecule has 2 aliphatic heterocycles. The van der Waals surface area contributed by atoms with E-state index in [0.29, 0.717) is 18.8 Å². The molecule has 1 atom stereocenters. The number of hydrogen-bond donors (Lipinski definition) is 0. The summed E-state index contributed by atoms with van der Waals surface area (Å²) < 4.78 is 15.9. The molecule has 154 valence electrons. The van der Waals surface area contributed by atoms with E-state index < -0.39 is 11.1 Å². The van der Waals surface area contributed by atoms with Crippen LogP contribution in [0.2, 0.25) is 0 Å². The molecular formula is C22H22FN5O2. The van der Waals surface area contributed by atoms with Crippen molar-refractivity contribution in [1.82, 2.24) is 24.2 Å². The van der Waals surface area contributed by atoms with Gasteiger partial charge in [0.2, 0.25) is 0 Å². The highest BCUT2D eigenvalue weighted by Gasteiger charge is 2.44. The monoisotopic (exact) mass is 407 g/mol. The molecule has 1 spiro atoms. The Labute approximate surface area is 172 Å². The van der Waals surface area contributed by atoms with Crippen molar-refractivity contribution in [2.45, 2.75) is 32.5 Å². The van der Waals surface area contributed by atoms with Crippen molar-refractivity contribution in [2.24, 2.45) is 5.41 Å². The van der Waals surface area contributed by atoms with Gasteiger partial charge in [-0.3, -0.25) is 24.0 Å². The minimum absolute atomic E-state index is 0.0666. The summed E-state index contributed by atoms with van der Waals surface area (Å²) in [6, 6.07) is 9.88. The van der Waals surface area contributed by atoms with Crippen LogP contribution in [0.15, 0.2) is 58.4 Å². The molecule has 0 aliphatic carbocycles. The second-order valence-corrected chi connectivity index (χ2v) is 8.40. The summed E-state index contributed by atoms with van der Waals surface area (Å²) in [5.74, 6) is 0.317. The van der Waals surface area contributed by atoms with E-state index in [1.165, 1.54) is 22.4 Å². The van der Waals surface area contributed by atoms with Crippen molar-refractivity contribution < 1.29 is 4.39 Å². The van der Waals surface area contributed by atoms with Gasteiger partial charge in [0.05, 0.1) is 6.54 Å². The largest absolute Gasteiger partial charge is 0.332 e.